The van der Waals surface area contributed by atoms with Crippen molar-refractivity contribution >= 4 is 5.97 Å². The molecule has 0 bridgehead atoms. The molecule has 0 aliphatic rings. The quantitative estimate of drug-likeness (QED) is 0.439. The van der Waals surface area contributed by atoms with Gasteiger partial charge in [0.1, 0.15) is 0 Å². The summed E-state index contributed by atoms with van der Waals surface area (Å²) in [6.07, 6.45) is 6.75. The van der Waals surface area contributed by atoms with Crippen LogP contribution in [0.2, 0.25) is 0 Å². The van der Waals surface area contributed by atoms with Crippen LogP contribution in [-0.2, 0) is 14.3 Å². The predicted molar refractivity (Wildman–Crippen MR) is 60.8 cm³/mol. The van der Waals surface area contributed by atoms with Crippen LogP contribution >= 0.6 is 0 Å². The Bertz CT molecular complexity index is 157. The van der Waals surface area contributed by atoms with Gasteiger partial charge in [-0.25, -0.2) is 0 Å². The molecule has 0 N–H and O–H groups in total. The highest BCUT2D eigenvalue weighted by atomic mass is 16.5. The van der Waals surface area contributed by atoms with Gasteiger partial charge in [0, 0.05) is 0 Å². The molecule has 90 valence electrons. The average Bonchev–Trinajstić information content (AvgIpc) is 2.24. The number of unbranched alkanes of at least 4 members (excludes halogenated alkanes) is 3. The van der Waals surface area contributed by atoms with Crippen molar-refractivity contribution in [3.05, 3.63) is 0 Å². The molecule has 0 saturated heterocycles. The molecule has 0 rings (SSSR count). The van der Waals surface area contributed by atoms with Gasteiger partial charge in [-0.1, -0.05) is 32.6 Å². The van der Waals surface area contributed by atoms with E-state index in [9.17, 15) is 4.79 Å². The normalized spacial score (nSPS) is 12.5. The van der Waals surface area contributed by atoms with E-state index in [-0.39, 0.29) is 12.1 Å². The monoisotopic (exact) mass is 216 g/mol. The molecule has 0 aromatic heterocycles. The van der Waals surface area contributed by atoms with E-state index in [1.165, 1.54) is 32.8 Å². The zero-order chi connectivity index (χ0) is 11.5. The molecule has 15 heavy (non-hydrogen) atoms. The van der Waals surface area contributed by atoms with Crippen molar-refractivity contribution in [2.24, 2.45) is 0 Å². The van der Waals surface area contributed by atoms with Crippen molar-refractivity contribution in [3.8, 4) is 0 Å². The minimum Gasteiger partial charge on any atom is -0.469 e. The van der Waals surface area contributed by atoms with E-state index >= 15 is 0 Å². The van der Waals surface area contributed by atoms with Crippen molar-refractivity contribution < 1.29 is 14.3 Å². The fourth-order valence-electron chi connectivity index (χ4n) is 1.39. The van der Waals surface area contributed by atoms with Crippen molar-refractivity contribution in [1.29, 1.82) is 0 Å². The van der Waals surface area contributed by atoms with Crippen LogP contribution in [0.1, 0.15) is 52.4 Å². The number of carbonyl (C=O) groups excluding carboxylic acids is 1. The van der Waals surface area contributed by atoms with E-state index in [0.717, 1.165) is 6.42 Å². The maximum Gasteiger partial charge on any atom is 0.307 e. The molecular weight excluding hydrogens is 192 g/mol. The van der Waals surface area contributed by atoms with E-state index in [0.29, 0.717) is 13.0 Å². The first kappa shape index (κ1) is 14.4. The van der Waals surface area contributed by atoms with Crippen molar-refractivity contribution in [3.63, 3.8) is 0 Å². The number of ether oxygens (including phenoxy) is 2. The first-order chi connectivity index (χ1) is 7.20. The van der Waals surface area contributed by atoms with E-state index in [4.69, 9.17) is 4.74 Å². The fraction of sp³-hybridized carbons (Fsp3) is 0.917. The Hall–Kier alpha value is -0.570. The Morgan fingerprint density at radius 2 is 2.00 bits per heavy atom. The van der Waals surface area contributed by atoms with Gasteiger partial charge in [0.15, 0.2) is 0 Å². The number of hydrogen-bond donors (Lipinski definition) is 0. The minimum absolute atomic E-state index is 0.201. The zero-order valence-corrected chi connectivity index (χ0v) is 10.3. The summed E-state index contributed by atoms with van der Waals surface area (Å²) < 4.78 is 10.0. The Morgan fingerprint density at radius 3 is 2.60 bits per heavy atom. The molecule has 3 nitrogen and oxygen atoms in total. The zero-order valence-electron chi connectivity index (χ0n) is 10.3. The highest BCUT2D eigenvalue weighted by Crippen LogP contribution is 2.08. The summed E-state index contributed by atoms with van der Waals surface area (Å²) in [6, 6.07) is 0. The van der Waals surface area contributed by atoms with Crippen LogP contribution in [0.3, 0.4) is 0 Å². The lowest BCUT2D eigenvalue weighted by Crippen LogP contribution is -2.12. The molecular formula is C12H24O3. The second-order valence-electron chi connectivity index (χ2n) is 3.86. The smallest absolute Gasteiger partial charge is 0.307 e. The van der Waals surface area contributed by atoms with E-state index in [1.807, 2.05) is 0 Å². The van der Waals surface area contributed by atoms with Crippen LogP contribution < -0.4 is 0 Å². The van der Waals surface area contributed by atoms with Gasteiger partial charge in [-0.2, -0.15) is 0 Å². The molecule has 1 unspecified atom stereocenters. The molecule has 0 heterocycles. The Kier molecular flexibility index (Phi) is 9.59. The number of methoxy groups -OCH3 is 1. The Balaban J connectivity index is 3.25. The average molecular weight is 216 g/mol. The minimum atomic E-state index is -0.201. The van der Waals surface area contributed by atoms with Gasteiger partial charge < -0.3 is 9.47 Å². The Morgan fingerprint density at radius 1 is 1.27 bits per heavy atom. The van der Waals surface area contributed by atoms with Gasteiger partial charge in [-0.3, -0.25) is 4.79 Å². The summed E-state index contributed by atoms with van der Waals surface area (Å²) in [6.45, 7) is 4.74. The summed E-state index contributed by atoms with van der Waals surface area (Å²) in [4.78, 5) is 10.8. The summed E-state index contributed by atoms with van der Waals surface area (Å²) in [5.41, 5.74) is 0. The van der Waals surface area contributed by atoms with Crippen LogP contribution in [0.5, 0.6) is 0 Å². The number of carbonyl (C=O) groups is 1. The van der Waals surface area contributed by atoms with Crippen LogP contribution in [0.4, 0.5) is 0 Å². The first-order valence-electron chi connectivity index (χ1n) is 5.89. The summed E-state index contributed by atoms with van der Waals surface area (Å²) in [5, 5.41) is 0. The third-order valence-corrected chi connectivity index (χ3v) is 2.40. The molecule has 0 aromatic carbocycles. The lowest BCUT2D eigenvalue weighted by atomic mass is 10.1. The van der Waals surface area contributed by atoms with Crippen molar-refractivity contribution in [1.82, 2.24) is 0 Å². The van der Waals surface area contributed by atoms with E-state index < -0.39 is 0 Å². The number of esters is 1. The first-order valence-corrected chi connectivity index (χ1v) is 5.89. The summed E-state index contributed by atoms with van der Waals surface area (Å²) in [5.74, 6) is -0.201. The maximum atomic E-state index is 10.8. The third-order valence-electron chi connectivity index (χ3n) is 2.40. The van der Waals surface area contributed by atoms with E-state index in [1.54, 1.807) is 0 Å². The van der Waals surface area contributed by atoms with Crippen molar-refractivity contribution in [2.75, 3.05) is 13.7 Å². The largest absolute Gasteiger partial charge is 0.469 e. The molecule has 0 fully saturated rings. The topological polar surface area (TPSA) is 35.5 Å². The third kappa shape index (κ3) is 9.73. The Labute approximate surface area is 93.1 Å². The lowest BCUT2D eigenvalue weighted by molar-refractivity contribution is -0.142. The van der Waals surface area contributed by atoms with Crippen LogP contribution in [0.25, 0.3) is 0 Å². The van der Waals surface area contributed by atoms with Gasteiger partial charge in [0.05, 0.1) is 26.2 Å². The number of hydrogen-bond acceptors (Lipinski definition) is 3. The molecule has 0 aliphatic carbocycles. The second kappa shape index (κ2) is 9.97. The van der Waals surface area contributed by atoms with E-state index in [2.05, 4.69) is 18.6 Å². The molecule has 0 aliphatic heterocycles. The molecule has 0 amide bonds. The van der Waals surface area contributed by atoms with Gasteiger partial charge >= 0.3 is 5.97 Å². The second-order valence-corrected chi connectivity index (χ2v) is 3.86. The molecule has 0 aromatic rings. The van der Waals surface area contributed by atoms with Gasteiger partial charge in [0.25, 0.3) is 0 Å². The molecule has 0 spiro atoms. The summed E-state index contributed by atoms with van der Waals surface area (Å²) >= 11 is 0. The summed E-state index contributed by atoms with van der Waals surface area (Å²) in [7, 11) is 1.40. The predicted octanol–water partition coefficient (Wildman–Crippen LogP) is 2.93. The molecule has 3 heteroatoms. The lowest BCUT2D eigenvalue weighted by Gasteiger charge is -2.12. The maximum absolute atomic E-state index is 10.8. The molecule has 0 saturated carbocycles. The van der Waals surface area contributed by atoms with Gasteiger partial charge in [0.2, 0.25) is 0 Å². The highest BCUT2D eigenvalue weighted by molar-refractivity contribution is 5.69. The molecule has 1 atom stereocenters. The van der Waals surface area contributed by atoms with Crippen LogP contribution in [0.15, 0.2) is 0 Å². The van der Waals surface area contributed by atoms with Gasteiger partial charge in [-0.05, 0) is 13.3 Å². The molecule has 0 radical (unpaired) electrons. The van der Waals surface area contributed by atoms with Gasteiger partial charge in [-0.15, -0.1) is 0 Å². The standard InChI is InChI=1S/C12H24O3/c1-4-5-6-7-8-11(2)15-10-9-12(13)14-3/h11H,4-10H2,1-3H3. The number of rotatable bonds is 9. The van der Waals surface area contributed by atoms with Crippen LogP contribution in [0, 0.1) is 0 Å². The van der Waals surface area contributed by atoms with Crippen LogP contribution in [-0.4, -0.2) is 25.8 Å². The fourth-order valence-corrected chi connectivity index (χ4v) is 1.39. The SMILES string of the molecule is CCCCCCC(C)OCCC(=O)OC. The van der Waals surface area contributed by atoms with Crippen molar-refractivity contribution in [2.45, 2.75) is 58.5 Å². The highest BCUT2D eigenvalue weighted by Gasteiger charge is 2.04.